The fourth-order valence-electron chi connectivity index (χ4n) is 3.64. The Kier molecular flexibility index (Phi) is 8.27. The van der Waals surface area contributed by atoms with Gasteiger partial charge in [-0.25, -0.2) is 9.97 Å². The van der Waals surface area contributed by atoms with Gasteiger partial charge in [-0.2, -0.15) is 0 Å². The summed E-state index contributed by atoms with van der Waals surface area (Å²) in [5.74, 6) is 0.767. The number of nitrogens with zero attached hydrogens (tertiary/aromatic N) is 3. The van der Waals surface area contributed by atoms with Crippen molar-refractivity contribution >= 4 is 29.1 Å². The number of nitrogens with two attached hydrogens (primary N) is 1. The first-order valence-corrected chi connectivity index (χ1v) is 10.6. The van der Waals surface area contributed by atoms with Crippen molar-refractivity contribution in [3.8, 4) is 5.75 Å². The molecular weight excluding hydrogens is 420 g/mol. The van der Waals surface area contributed by atoms with E-state index in [0.717, 1.165) is 39.0 Å². The van der Waals surface area contributed by atoms with Gasteiger partial charge in [-0.3, -0.25) is 4.79 Å². The standard InChI is InChI=1S/C21H29ClN6O3/c1-30-18-12-16(23)15(22)11-14(18)20(29)27-17-5-10-28(13-19(17)31-2)9-4-8-26-21-24-6-3-7-25-21/h3,6-7,11-12,17,19H,4-5,8-10,13,23H2,1-2H3,(H,27,29)(H,24,25,26)/t17-,19+/m1/s1. The molecule has 4 N–H and O–H groups in total. The lowest BCUT2D eigenvalue weighted by Crippen LogP contribution is -2.55. The van der Waals surface area contributed by atoms with E-state index in [2.05, 4.69) is 25.5 Å². The third kappa shape index (κ3) is 6.19. The van der Waals surface area contributed by atoms with E-state index in [1.807, 2.05) is 0 Å². The number of aromatic nitrogens is 2. The lowest BCUT2D eigenvalue weighted by molar-refractivity contribution is 0.00637. The average Bonchev–Trinajstić information content (AvgIpc) is 2.79. The number of carbonyl (C=O) groups excluding carboxylic acids is 1. The number of anilines is 2. The highest BCUT2D eigenvalue weighted by molar-refractivity contribution is 6.33. The van der Waals surface area contributed by atoms with Crippen molar-refractivity contribution in [3.63, 3.8) is 0 Å². The number of methoxy groups -OCH3 is 2. The second kappa shape index (κ2) is 11.1. The molecule has 1 aromatic carbocycles. The molecule has 10 heteroatoms. The monoisotopic (exact) mass is 448 g/mol. The molecule has 1 aliphatic rings. The quantitative estimate of drug-likeness (QED) is 0.394. The molecule has 0 spiro atoms. The number of amides is 1. The van der Waals surface area contributed by atoms with Gasteiger partial charge in [-0.1, -0.05) is 11.6 Å². The van der Waals surface area contributed by atoms with E-state index in [-0.39, 0.29) is 18.1 Å². The van der Waals surface area contributed by atoms with Crippen molar-refractivity contribution in [2.75, 3.05) is 51.4 Å². The van der Waals surface area contributed by atoms with E-state index in [1.54, 1.807) is 31.6 Å². The first-order valence-electron chi connectivity index (χ1n) is 10.2. The summed E-state index contributed by atoms with van der Waals surface area (Å²) < 4.78 is 11.0. The first-order chi connectivity index (χ1) is 15.0. The number of carbonyl (C=O) groups is 1. The number of piperidine rings is 1. The number of hydrogen-bond donors (Lipinski definition) is 3. The molecule has 31 heavy (non-hydrogen) atoms. The van der Waals surface area contributed by atoms with Crippen LogP contribution >= 0.6 is 11.6 Å². The van der Waals surface area contributed by atoms with E-state index in [9.17, 15) is 4.79 Å². The van der Waals surface area contributed by atoms with E-state index >= 15 is 0 Å². The maximum absolute atomic E-state index is 12.9. The third-order valence-corrected chi connectivity index (χ3v) is 5.65. The SMILES string of the molecule is COc1cc(N)c(Cl)cc1C(=O)N[C@@H]1CCN(CCCNc2ncccn2)C[C@@H]1OC. The van der Waals surface area contributed by atoms with E-state index < -0.39 is 0 Å². The molecule has 1 amide bonds. The molecule has 1 saturated heterocycles. The van der Waals surface area contributed by atoms with Crippen molar-refractivity contribution in [2.45, 2.75) is 25.0 Å². The lowest BCUT2D eigenvalue weighted by atomic mass is 10.0. The highest BCUT2D eigenvalue weighted by Crippen LogP contribution is 2.29. The van der Waals surface area contributed by atoms with Gasteiger partial charge in [0.2, 0.25) is 5.95 Å². The molecule has 2 atom stereocenters. The van der Waals surface area contributed by atoms with Crippen molar-refractivity contribution in [3.05, 3.63) is 41.2 Å². The van der Waals surface area contributed by atoms with E-state index in [0.29, 0.717) is 28.0 Å². The zero-order valence-electron chi connectivity index (χ0n) is 17.8. The molecule has 0 saturated carbocycles. The summed E-state index contributed by atoms with van der Waals surface area (Å²) in [7, 11) is 3.16. The highest BCUT2D eigenvalue weighted by Gasteiger charge is 2.31. The molecule has 9 nitrogen and oxygen atoms in total. The molecule has 1 aliphatic heterocycles. The molecule has 2 aromatic rings. The van der Waals surface area contributed by atoms with Crippen LogP contribution in [-0.2, 0) is 4.74 Å². The molecule has 1 aromatic heterocycles. The van der Waals surface area contributed by atoms with Crippen molar-refractivity contribution in [1.82, 2.24) is 20.2 Å². The predicted molar refractivity (Wildman–Crippen MR) is 121 cm³/mol. The van der Waals surface area contributed by atoms with Crippen LogP contribution in [0.5, 0.6) is 5.75 Å². The number of rotatable bonds is 9. The zero-order valence-corrected chi connectivity index (χ0v) is 18.6. The van der Waals surface area contributed by atoms with Gasteiger partial charge in [-0.05, 0) is 31.5 Å². The Morgan fingerprint density at radius 2 is 2.10 bits per heavy atom. The molecule has 1 fully saturated rings. The molecule has 0 bridgehead atoms. The van der Waals surface area contributed by atoms with E-state index in [4.69, 9.17) is 26.8 Å². The molecule has 0 radical (unpaired) electrons. The summed E-state index contributed by atoms with van der Waals surface area (Å²) in [5, 5.41) is 6.60. The van der Waals surface area contributed by atoms with Crippen LogP contribution in [0, 0.1) is 0 Å². The minimum Gasteiger partial charge on any atom is -0.496 e. The fourth-order valence-corrected chi connectivity index (χ4v) is 3.81. The maximum Gasteiger partial charge on any atom is 0.255 e. The number of ether oxygens (including phenoxy) is 2. The van der Waals surface area contributed by atoms with Gasteiger partial charge in [0.1, 0.15) is 5.75 Å². The Labute approximate surface area is 187 Å². The second-order valence-electron chi connectivity index (χ2n) is 7.37. The van der Waals surface area contributed by atoms with Gasteiger partial charge in [0.25, 0.3) is 5.91 Å². The van der Waals surface area contributed by atoms with Gasteiger partial charge in [0, 0.05) is 45.2 Å². The number of nitrogen functional groups attached to an aromatic ring is 1. The van der Waals surface area contributed by atoms with Crippen molar-refractivity contribution in [2.24, 2.45) is 0 Å². The number of hydrogen-bond acceptors (Lipinski definition) is 8. The summed E-state index contributed by atoms with van der Waals surface area (Å²) in [5.41, 5.74) is 6.53. The van der Waals surface area contributed by atoms with Crippen LogP contribution in [-0.4, -0.2) is 73.3 Å². The Morgan fingerprint density at radius 3 is 2.81 bits per heavy atom. The van der Waals surface area contributed by atoms with Crippen LogP contribution in [0.2, 0.25) is 5.02 Å². The molecule has 2 heterocycles. The summed E-state index contributed by atoms with van der Waals surface area (Å²) in [6.07, 6.45) is 5.05. The van der Waals surface area contributed by atoms with Gasteiger partial charge in [-0.15, -0.1) is 0 Å². The summed E-state index contributed by atoms with van der Waals surface area (Å²) in [4.78, 5) is 23.5. The number of likely N-dealkylation sites (tertiary alicyclic amines) is 1. The smallest absolute Gasteiger partial charge is 0.255 e. The van der Waals surface area contributed by atoms with Crippen LogP contribution in [0.25, 0.3) is 0 Å². The maximum atomic E-state index is 12.9. The van der Waals surface area contributed by atoms with Gasteiger partial charge in [0.05, 0.1) is 35.5 Å². The van der Waals surface area contributed by atoms with Crippen LogP contribution in [0.1, 0.15) is 23.2 Å². The summed E-state index contributed by atoms with van der Waals surface area (Å²) >= 11 is 6.10. The molecule has 0 aliphatic carbocycles. The Balaban J connectivity index is 1.50. The number of benzene rings is 1. The Morgan fingerprint density at radius 1 is 1.32 bits per heavy atom. The van der Waals surface area contributed by atoms with Crippen LogP contribution in [0.3, 0.4) is 0 Å². The van der Waals surface area contributed by atoms with Crippen LogP contribution in [0.15, 0.2) is 30.6 Å². The third-order valence-electron chi connectivity index (χ3n) is 5.33. The topological polar surface area (TPSA) is 115 Å². The minimum atomic E-state index is -0.258. The highest BCUT2D eigenvalue weighted by atomic mass is 35.5. The van der Waals surface area contributed by atoms with Crippen LogP contribution in [0.4, 0.5) is 11.6 Å². The fraction of sp³-hybridized carbons (Fsp3) is 0.476. The summed E-state index contributed by atoms with van der Waals surface area (Å²) in [6.45, 7) is 3.31. The molecular formula is C21H29ClN6O3. The minimum absolute atomic E-state index is 0.106. The summed E-state index contributed by atoms with van der Waals surface area (Å²) in [6, 6.07) is 4.77. The second-order valence-corrected chi connectivity index (χ2v) is 7.78. The Hall–Kier alpha value is -2.62. The van der Waals surface area contributed by atoms with Gasteiger partial charge in [0.15, 0.2) is 0 Å². The van der Waals surface area contributed by atoms with Crippen molar-refractivity contribution in [1.29, 1.82) is 0 Å². The van der Waals surface area contributed by atoms with E-state index in [1.165, 1.54) is 13.2 Å². The average molecular weight is 449 g/mol. The number of nitrogens with one attached hydrogen (secondary N) is 2. The lowest BCUT2D eigenvalue weighted by Gasteiger charge is -2.38. The number of halogens is 1. The normalized spacial score (nSPS) is 19.1. The van der Waals surface area contributed by atoms with Crippen LogP contribution < -0.4 is 21.1 Å². The van der Waals surface area contributed by atoms with Gasteiger partial charge < -0.3 is 30.7 Å². The van der Waals surface area contributed by atoms with Crippen molar-refractivity contribution < 1.29 is 14.3 Å². The molecule has 168 valence electrons. The Bertz CT molecular complexity index is 870. The molecule has 0 unspecified atom stereocenters. The van der Waals surface area contributed by atoms with Gasteiger partial charge >= 0.3 is 0 Å². The molecule has 3 rings (SSSR count). The zero-order chi connectivity index (χ0) is 22.2. The first kappa shape index (κ1) is 23.1. The largest absolute Gasteiger partial charge is 0.496 e. The predicted octanol–water partition coefficient (Wildman–Crippen LogP) is 2.04.